The topological polar surface area (TPSA) is 27.7 Å². The average Bonchev–Trinajstić information content (AvgIpc) is 2.32. The average molecular weight is 248 g/mol. The third-order valence-corrected chi connectivity index (χ3v) is 3.98. The Morgan fingerprint density at radius 3 is 2.19 bits per heavy atom. The fourth-order valence-corrected chi connectivity index (χ4v) is 2.69. The third-order valence-electron chi connectivity index (χ3n) is 2.67. The van der Waals surface area contributed by atoms with Gasteiger partial charge in [-0.2, -0.15) is 0 Å². The van der Waals surface area contributed by atoms with E-state index >= 15 is 0 Å². The van der Waals surface area contributed by atoms with E-state index in [4.69, 9.17) is 13.9 Å². The zero-order valence-corrected chi connectivity index (χ0v) is 12.6. The van der Waals surface area contributed by atoms with Gasteiger partial charge in [-0.15, -0.1) is 0 Å². The first-order valence-corrected chi connectivity index (χ1v) is 8.06. The first kappa shape index (κ1) is 16.1. The lowest BCUT2D eigenvalue weighted by molar-refractivity contribution is -0.121. The summed E-state index contributed by atoms with van der Waals surface area (Å²) in [6.07, 6.45) is 8.02. The lowest BCUT2D eigenvalue weighted by atomic mass is 10.1. The van der Waals surface area contributed by atoms with E-state index in [-0.39, 0.29) is 16.1 Å². The minimum atomic E-state index is -0.350. The predicted octanol–water partition coefficient (Wildman–Crippen LogP) is 2.48. The molecule has 16 heavy (non-hydrogen) atoms. The Kier molecular flexibility index (Phi) is 13.2. The molecule has 98 valence electrons. The molecule has 0 saturated carbocycles. The second-order valence-corrected chi connectivity index (χ2v) is 5.62. The summed E-state index contributed by atoms with van der Waals surface area (Å²) in [4.78, 5) is 0. The molecule has 0 heterocycles. The lowest BCUT2D eigenvalue weighted by Gasteiger charge is -2.13. The zero-order chi connectivity index (χ0) is 12.1. The van der Waals surface area contributed by atoms with Crippen LogP contribution in [-0.2, 0) is 13.9 Å². The van der Waals surface area contributed by atoms with E-state index in [1.54, 1.807) is 14.2 Å². The van der Waals surface area contributed by atoms with Crippen LogP contribution in [0.5, 0.6) is 0 Å². The Balaban J connectivity index is 3.03. The van der Waals surface area contributed by atoms with Crippen LogP contribution < -0.4 is 0 Å². The molecule has 0 aromatic heterocycles. The van der Waals surface area contributed by atoms with Crippen molar-refractivity contribution in [2.24, 2.45) is 0 Å². The van der Waals surface area contributed by atoms with Crippen LogP contribution in [0.25, 0.3) is 0 Å². The number of hydrogen-bond acceptors (Lipinski definition) is 3. The molecule has 0 aromatic carbocycles. The molecule has 0 saturated heterocycles. The number of ether oxygens (including phenoxy) is 2. The maximum atomic E-state index is 5.59. The summed E-state index contributed by atoms with van der Waals surface area (Å²) in [7, 11) is 2.94. The maximum Gasteiger partial charge on any atom is 0.178 e. The molecule has 0 bridgehead atoms. The molecule has 0 fully saturated rings. The molecular formula is C12H28O3Si. The Morgan fingerprint density at radius 1 is 0.938 bits per heavy atom. The summed E-state index contributed by atoms with van der Waals surface area (Å²) in [5, 5.41) is 0. The van der Waals surface area contributed by atoms with Crippen LogP contribution in [0, 0.1) is 0 Å². The van der Waals surface area contributed by atoms with Crippen molar-refractivity contribution in [2.45, 2.75) is 57.8 Å². The van der Waals surface area contributed by atoms with Gasteiger partial charge in [-0.25, -0.2) is 0 Å². The molecule has 0 aliphatic rings. The highest BCUT2D eigenvalue weighted by atomic mass is 28.2. The van der Waals surface area contributed by atoms with Crippen molar-refractivity contribution in [2.75, 3.05) is 20.8 Å². The Bertz CT molecular complexity index is 129. The molecular weight excluding hydrogens is 220 g/mol. The molecule has 0 spiro atoms. The number of unbranched alkanes of at least 4 members (excludes halogenated alkanes) is 5. The van der Waals surface area contributed by atoms with Gasteiger partial charge in [-0.05, 0) is 6.04 Å². The number of methoxy groups -OCH3 is 2. The van der Waals surface area contributed by atoms with Gasteiger partial charge in [0.05, 0.1) is 6.61 Å². The van der Waals surface area contributed by atoms with E-state index in [1.807, 2.05) is 0 Å². The largest absolute Gasteiger partial charge is 0.419 e. The van der Waals surface area contributed by atoms with Gasteiger partial charge in [0.15, 0.2) is 16.1 Å². The van der Waals surface area contributed by atoms with E-state index in [0.717, 1.165) is 0 Å². The van der Waals surface area contributed by atoms with Crippen LogP contribution in [0.2, 0.25) is 6.04 Å². The predicted molar refractivity (Wildman–Crippen MR) is 70.5 cm³/mol. The summed E-state index contributed by atoms with van der Waals surface area (Å²) >= 11 is 0. The monoisotopic (exact) mass is 248 g/mol. The molecule has 0 amide bonds. The van der Waals surface area contributed by atoms with Crippen molar-refractivity contribution in [3.8, 4) is 0 Å². The van der Waals surface area contributed by atoms with Gasteiger partial charge in [-0.1, -0.05) is 45.4 Å². The summed E-state index contributed by atoms with van der Waals surface area (Å²) in [5.41, 5.74) is 0. The standard InChI is InChI=1S/C12H28O3Si/c1-4-5-6-7-8-9-10-16-15-11-12(13-2)14-3/h12H,4-11,16H2,1-3H3. The van der Waals surface area contributed by atoms with Crippen LogP contribution >= 0.6 is 0 Å². The third kappa shape index (κ3) is 10.6. The zero-order valence-electron chi connectivity index (χ0n) is 11.2. The Labute approximate surface area is 103 Å². The second-order valence-electron chi connectivity index (χ2n) is 4.10. The molecule has 0 aliphatic carbocycles. The van der Waals surface area contributed by atoms with Crippen molar-refractivity contribution < 1.29 is 13.9 Å². The van der Waals surface area contributed by atoms with Gasteiger partial charge in [0.25, 0.3) is 0 Å². The first-order chi connectivity index (χ1) is 7.85. The van der Waals surface area contributed by atoms with Gasteiger partial charge in [0.2, 0.25) is 0 Å². The summed E-state index contributed by atoms with van der Waals surface area (Å²) in [6.45, 7) is 2.85. The highest BCUT2D eigenvalue weighted by Gasteiger charge is 2.03. The lowest BCUT2D eigenvalue weighted by Crippen LogP contribution is -2.21. The number of rotatable bonds is 12. The van der Waals surface area contributed by atoms with Crippen molar-refractivity contribution in [1.29, 1.82) is 0 Å². The van der Waals surface area contributed by atoms with Gasteiger partial charge >= 0.3 is 0 Å². The van der Waals surface area contributed by atoms with Crippen molar-refractivity contribution in [3.63, 3.8) is 0 Å². The molecule has 0 aromatic rings. The van der Waals surface area contributed by atoms with Crippen molar-refractivity contribution >= 4 is 9.76 Å². The minimum Gasteiger partial charge on any atom is -0.419 e. The fourth-order valence-electron chi connectivity index (χ4n) is 1.57. The van der Waals surface area contributed by atoms with Crippen LogP contribution in [0.4, 0.5) is 0 Å². The Morgan fingerprint density at radius 2 is 1.56 bits per heavy atom. The van der Waals surface area contributed by atoms with Crippen molar-refractivity contribution in [1.82, 2.24) is 0 Å². The van der Waals surface area contributed by atoms with Crippen molar-refractivity contribution in [3.05, 3.63) is 0 Å². The smallest absolute Gasteiger partial charge is 0.178 e. The van der Waals surface area contributed by atoms with E-state index in [2.05, 4.69) is 6.92 Å². The SMILES string of the molecule is CCCCCCCC[SiH2]OCC(OC)OC. The van der Waals surface area contributed by atoms with E-state index in [9.17, 15) is 0 Å². The van der Waals surface area contributed by atoms with Crippen LogP contribution in [-0.4, -0.2) is 36.9 Å². The molecule has 0 unspecified atom stereocenters. The molecule has 0 radical (unpaired) electrons. The number of hydrogen-bond donors (Lipinski definition) is 0. The van der Waals surface area contributed by atoms with Crippen LogP contribution in [0.15, 0.2) is 0 Å². The highest BCUT2D eigenvalue weighted by Crippen LogP contribution is 2.06. The Hall–Kier alpha value is 0.0969. The second kappa shape index (κ2) is 13.2. The first-order valence-electron chi connectivity index (χ1n) is 6.48. The van der Waals surface area contributed by atoms with Gasteiger partial charge < -0.3 is 13.9 Å². The molecule has 0 atom stereocenters. The summed E-state index contributed by atoms with van der Waals surface area (Å²) in [6, 6.07) is 1.28. The molecule has 0 aliphatic heterocycles. The van der Waals surface area contributed by atoms with Crippen LogP contribution in [0.1, 0.15) is 45.4 Å². The van der Waals surface area contributed by atoms with E-state index in [0.29, 0.717) is 6.61 Å². The quantitative estimate of drug-likeness (QED) is 0.302. The van der Waals surface area contributed by atoms with E-state index in [1.165, 1.54) is 44.6 Å². The van der Waals surface area contributed by atoms with E-state index < -0.39 is 0 Å². The molecule has 0 rings (SSSR count). The highest BCUT2D eigenvalue weighted by molar-refractivity contribution is 6.26. The summed E-state index contributed by atoms with van der Waals surface area (Å²) in [5.74, 6) is 0. The molecule has 3 nitrogen and oxygen atoms in total. The van der Waals surface area contributed by atoms with Gasteiger partial charge in [0, 0.05) is 14.2 Å². The molecule has 4 heteroatoms. The normalized spacial score (nSPS) is 12.0. The molecule has 0 N–H and O–H groups in total. The van der Waals surface area contributed by atoms with Gasteiger partial charge in [-0.3, -0.25) is 0 Å². The van der Waals surface area contributed by atoms with Gasteiger partial charge in [0.1, 0.15) is 0 Å². The van der Waals surface area contributed by atoms with Crippen LogP contribution in [0.3, 0.4) is 0 Å². The fraction of sp³-hybridized carbons (Fsp3) is 1.00. The maximum absolute atomic E-state index is 5.59. The summed E-state index contributed by atoms with van der Waals surface area (Å²) < 4.78 is 15.7. The minimum absolute atomic E-state index is 0.183.